The molecule has 1 heterocycles. The third-order valence-electron chi connectivity index (χ3n) is 3.23. The van der Waals surface area contributed by atoms with E-state index >= 15 is 0 Å². The van der Waals surface area contributed by atoms with Crippen LogP contribution in [0.5, 0.6) is 11.5 Å². The monoisotopic (exact) mass is 284 g/mol. The SMILES string of the molecule is COc1cc(NC2CCN(C)C2=O)c(OC)cc1Cl. The van der Waals surface area contributed by atoms with Crippen molar-refractivity contribution in [1.29, 1.82) is 0 Å². The molecule has 0 radical (unpaired) electrons. The van der Waals surface area contributed by atoms with Gasteiger partial charge in [-0.05, 0) is 6.42 Å². The summed E-state index contributed by atoms with van der Waals surface area (Å²) in [6.07, 6.45) is 0.767. The molecule has 1 fully saturated rings. The number of carbonyl (C=O) groups is 1. The summed E-state index contributed by atoms with van der Waals surface area (Å²) >= 11 is 6.04. The number of rotatable bonds is 4. The molecule has 0 spiro atoms. The number of anilines is 1. The molecule has 0 saturated carbocycles. The second-order valence-corrected chi connectivity index (χ2v) is 4.84. The molecule has 19 heavy (non-hydrogen) atoms. The Morgan fingerprint density at radius 3 is 2.53 bits per heavy atom. The lowest BCUT2D eigenvalue weighted by molar-refractivity contribution is -0.127. The highest BCUT2D eigenvalue weighted by Crippen LogP contribution is 2.36. The van der Waals surface area contributed by atoms with Gasteiger partial charge in [0, 0.05) is 25.7 Å². The normalized spacial score (nSPS) is 18.6. The summed E-state index contributed by atoms with van der Waals surface area (Å²) in [6.45, 7) is 0.754. The topological polar surface area (TPSA) is 50.8 Å². The predicted octanol–water partition coefficient (Wildman–Crippen LogP) is 2.00. The molecule has 1 aliphatic rings. The molecule has 0 aliphatic carbocycles. The maximum absolute atomic E-state index is 11.9. The number of nitrogens with one attached hydrogen (secondary N) is 1. The lowest BCUT2D eigenvalue weighted by atomic mass is 10.2. The van der Waals surface area contributed by atoms with Crippen molar-refractivity contribution >= 4 is 23.2 Å². The number of methoxy groups -OCH3 is 2. The van der Waals surface area contributed by atoms with Crippen molar-refractivity contribution in [2.45, 2.75) is 12.5 Å². The van der Waals surface area contributed by atoms with Crippen LogP contribution in [0, 0.1) is 0 Å². The van der Waals surface area contributed by atoms with Gasteiger partial charge in [-0.25, -0.2) is 0 Å². The van der Waals surface area contributed by atoms with Gasteiger partial charge in [-0.15, -0.1) is 0 Å². The molecule has 1 unspecified atom stereocenters. The number of halogens is 1. The minimum Gasteiger partial charge on any atom is -0.495 e. The Labute approximate surface area is 117 Å². The van der Waals surface area contributed by atoms with Gasteiger partial charge < -0.3 is 19.7 Å². The Kier molecular flexibility index (Phi) is 4.04. The van der Waals surface area contributed by atoms with Crippen molar-refractivity contribution in [3.8, 4) is 11.5 Å². The molecule has 2 rings (SSSR count). The van der Waals surface area contributed by atoms with E-state index in [9.17, 15) is 4.79 Å². The van der Waals surface area contributed by atoms with E-state index < -0.39 is 0 Å². The summed E-state index contributed by atoms with van der Waals surface area (Å²) in [5, 5.41) is 3.66. The van der Waals surface area contributed by atoms with Gasteiger partial charge in [-0.3, -0.25) is 4.79 Å². The van der Waals surface area contributed by atoms with Crippen molar-refractivity contribution < 1.29 is 14.3 Å². The van der Waals surface area contributed by atoms with Crippen LogP contribution in [-0.4, -0.2) is 44.7 Å². The van der Waals surface area contributed by atoms with Crippen molar-refractivity contribution in [2.75, 3.05) is 33.1 Å². The second kappa shape index (κ2) is 5.57. The van der Waals surface area contributed by atoms with Crippen LogP contribution in [0.25, 0.3) is 0 Å². The van der Waals surface area contributed by atoms with Gasteiger partial charge in [0.1, 0.15) is 17.5 Å². The summed E-state index contributed by atoms with van der Waals surface area (Å²) in [5.74, 6) is 1.22. The average molecular weight is 285 g/mol. The number of likely N-dealkylation sites (tertiary alicyclic amines) is 1. The van der Waals surface area contributed by atoms with E-state index in [0.29, 0.717) is 22.2 Å². The molecule has 104 valence electrons. The number of hydrogen-bond donors (Lipinski definition) is 1. The van der Waals surface area contributed by atoms with E-state index in [0.717, 1.165) is 13.0 Å². The molecule has 1 aromatic carbocycles. The van der Waals surface area contributed by atoms with E-state index in [1.54, 1.807) is 38.3 Å². The number of nitrogens with zero attached hydrogens (tertiary/aromatic N) is 1. The van der Waals surface area contributed by atoms with Crippen LogP contribution in [0.15, 0.2) is 12.1 Å². The number of amides is 1. The molecule has 5 nitrogen and oxygen atoms in total. The summed E-state index contributed by atoms with van der Waals surface area (Å²) in [4.78, 5) is 13.6. The largest absolute Gasteiger partial charge is 0.495 e. The molecule has 6 heteroatoms. The zero-order valence-corrected chi connectivity index (χ0v) is 12.0. The highest BCUT2D eigenvalue weighted by Gasteiger charge is 2.29. The maximum Gasteiger partial charge on any atom is 0.244 e. The van der Waals surface area contributed by atoms with Gasteiger partial charge in [0.05, 0.1) is 24.9 Å². The van der Waals surface area contributed by atoms with Gasteiger partial charge in [-0.1, -0.05) is 11.6 Å². The van der Waals surface area contributed by atoms with Crippen molar-refractivity contribution in [3.05, 3.63) is 17.2 Å². The molecule has 1 N–H and O–H groups in total. The standard InChI is InChI=1S/C13H17ClN2O3/c1-16-5-4-9(13(16)17)15-10-7-11(18-2)8(14)6-12(10)19-3/h6-7,9,15H,4-5H2,1-3H3. The van der Waals surface area contributed by atoms with Crippen LogP contribution in [0.1, 0.15) is 6.42 Å². The molecular formula is C13H17ClN2O3. The summed E-state index contributed by atoms with van der Waals surface area (Å²) in [5.41, 5.74) is 0.706. The fraction of sp³-hybridized carbons (Fsp3) is 0.462. The summed E-state index contributed by atoms with van der Waals surface area (Å²) < 4.78 is 10.4. The molecular weight excluding hydrogens is 268 g/mol. The fourth-order valence-corrected chi connectivity index (χ4v) is 2.35. The molecule has 1 aliphatic heterocycles. The highest BCUT2D eigenvalue weighted by molar-refractivity contribution is 6.32. The first-order valence-corrected chi connectivity index (χ1v) is 6.37. The first kappa shape index (κ1) is 13.8. The predicted molar refractivity (Wildman–Crippen MR) is 74.2 cm³/mol. The lowest BCUT2D eigenvalue weighted by Crippen LogP contribution is -2.31. The van der Waals surface area contributed by atoms with Crippen LogP contribution in [0.3, 0.4) is 0 Å². The molecule has 1 atom stereocenters. The van der Waals surface area contributed by atoms with E-state index in [1.807, 2.05) is 0 Å². The van der Waals surface area contributed by atoms with Crippen molar-refractivity contribution in [3.63, 3.8) is 0 Å². The number of likely N-dealkylation sites (N-methyl/N-ethyl adjacent to an activating group) is 1. The summed E-state index contributed by atoms with van der Waals surface area (Å²) in [7, 11) is 4.90. The zero-order chi connectivity index (χ0) is 14.0. The van der Waals surface area contributed by atoms with Gasteiger partial charge in [-0.2, -0.15) is 0 Å². The van der Waals surface area contributed by atoms with E-state index in [2.05, 4.69) is 5.32 Å². The number of ether oxygens (including phenoxy) is 2. The highest BCUT2D eigenvalue weighted by atomic mass is 35.5. The van der Waals surface area contributed by atoms with Crippen molar-refractivity contribution in [2.24, 2.45) is 0 Å². The molecule has 1 amide bonds. The number of carbonyl (C=O) groups excluding carboxylic acids is 1. The Balaban J connectivity index is 2.26. The molecule has 0 bridgehead atoms. The molecule has 1 saturated heterocycles. The van der Waals surface area contributed by atoms with Crippen molar-refractivity contribution in [1.82, 2.24) is 4.90 Å². The van der Waals surface area contributed by atoms with Gasteiger partial charge in [0.2, 0.25) is 5.91 Å². The van der Waals surface area contributed by atoms with Crippen LogP contribution in [-0.2, 0) is 4.79 Å². The first-order chi connectivity index (χ1) is 9.06. The average Bonchev–Trinajstić information content (AvgIpc) is 2.72. The Hall–Kier alpha value is -1.62. The second-order valence-electron chi connectivity index (χ2n) is 4.43. The van der Waals surface area contributed by atoms with Gasteiger partial charge in [0.15, 0.2) is 0 Å². The third kappa shape index (κ3) is 2.71. The minimum absolute atomic E-state index is 0.0796. The maximum atomic E-state index is 11.9. The van der Waals surface area contributed by atoms with E-state index in [4.69, 9.17) is 21.1 Å². The summed E-state index contributed by atoms with van der Waals surface area (Å²) in [6, 6.07) is 3.18. The quantitative estimate of drug-likeness (QED) is 0.919. The Morgan fingerprint density at radius 1 is 1.32 bits per heavy atom. The van der Waals surface area contributed by atoms with Crippen LogP contribution >= 0.6 is 11.6 Å². The van der Waals surface area contributed by atoms with Crippen LogP contribution in [0.4, 0.5) is 5.69 Å². The third-order valence-corrected chi connectivity index (χ3v) is 3.53. The Morgan fingerprint density at radius 2 is 2.00 bits per heavy atom. The number of hydrogen-bond acceptors (Lipinski definition) is 4. The lowest BCUT2D eigenvalue weighted by Gasteiger charge is -2.17. The van der Waals surface area contributed by atoms with E-state index in [-0.39, 0.29) is 11.9 Å². The van der Waals surface area contributed by atoms with Gasteiger partial charge in [0.25, 0.3) is 0 Å². The smallest absolute Gasteiger partial charge is 0.244 e. The van der Waals surface area contributed by atoms with Crippen LogP contribution in [0.2, 0.25) is 5.02 Å². The molecule has 0 aromatic heterocycles. The zero-order valence-electron chi connectivity index (χ0n) is 11.2. The minimum atomic E-state index is -0.232. The first-order valence-electron chi connectivity index (χ1n) is 6.00. The molecule has 1 aromatic rings. The Bertz CT molecular complexity index is 493. The van der Waals surface area contributed by atoms with Crippen LogP contribution < -0.4 is 14.8 Å². The fourth-order valence-electron chi connectivity index (χ4n) is 2.12. The van der Waals surface area contributed by atoms with Gasteiger partial charge >= 0.3 is 0 Å². The number of benzene rings is 1. The van der Waals surface area contributed by atoms with E-state index in [1.165, 1.54) is 0 Å².